The zero-order chi connectivity index (χ0) is 31.6. The van der Waals surface area contributed by atoms with Crippen molar-refractivity contribution in [2.75, 3.05) is 0 Å². The Morgan fingerprint density at radius 2 is 1.04 bits per heavy atom. The normalized spacial score (nSPS) is 11.8. The molecular formula is C43H25N3OS. The number of aromatic nitrogens is 3. The van der Waals surface area contributed by atoms with Gasteiger partial charge in [0.2, 0.25) is 0 Å². The summed E-state index contributed by atoms with van der Waals surface area (Å²) in [5, 5.41) is 6.72. The van der Waals surface area contributed by atoms with Crippen LogP contribution < -0.4 is 0 Å². The highest BCUT2D eigenvalue weighted by atomic mass is 32.1. The van der Waals surface area contributed by atoms with Gasteiger partial charge in [0, 0.05) is 53.0 Å². The van der Waals surface area contributed by atoms with Crippen molar-refractivity contribution in [3.63, 3.8) is 0 Å². The average Bonchev–Trinajstić information content (AvgIpc) is 3.73. The number of rotatable bonds is 4. The Morgan fingerprint density at radius 3 is 1.81 bits per heavy atom. The second-order valence-electron chi connectivity index (χ2n) is 12.0. The van der Waals surface area contributed by atoms with Crippen molar-refractivity contribution >= 4 is 64.2 Å². The quantitative estimate of drug-likeness (QED) is 0.194. The monoisotopic (exact) mass is 631 g/mol. The fourth-order valence-corrected chi connectivity index (χ4v) is 8.09. The molecule has 0 saturated carbocycles. The number of furan rings is 1. The lowest BCUT2D eigenvalue weighted by molar-refractivity contribution is 0.672. The van der Waals surface area contributed by atoms with Crippen molar-refractivity contribution in [1.29, 1.82) is 0 Å². The SMILES string of the molecule is c1ccc(-c2nc(-c3ccccc3)nc(-c3cc4c5ccccc5oc4c4ccc(-c5cccc6c5sc5ccccc56)cc34)n2)cc1. The maximum Gasteiger partial charge on any atom is 0.164 e. The van der Waals surface area contributed by atoms with Gasteiger partial charge in [0.15, 0.2) is 17.5 Å². The Morgan fingerprint density at radius 1 is 0.396 bits per heavy atom. The van der Waals surface area contributed by atoms with Gasteiger partial charge in [0.05, 0.1) is 0 Å². The fraction of sp³-hybridized carbons (Fsp3) is 0. The molecule has 0 aliphatic carbocycles. The lowest BCUT2D eigenvalue weighted by Gasteiger charge is -2.12. The third-order valence-electron chi connectivity index (χ3n) is 9.13. The Kier molecular flexibility index (Phi) is 6.01. The lowest BCUT2D eigenvalue weighted by atomic mass is 9.95. The van der Waals surface area contributed by atoms with E-state index in [4.69, 9.17) is 19.4 Å². The van der Waals surface area contributed by atoms with Crippen molar-refractivity contribution in [2.45, 2.75) is 0 Å². The van der Waals surface area contributed by atoms with E-state index in [9.17, 15) is 0 Å². The van der Waals surface area contributed by atoms with Crippen LogP contribution in [0.25, 0.3) is 98.2 Å². The lowest BCUT2D eigenvalue weighted by Crippen LogP contribution is -2.00. The first-order valence-electron chi connectivity index (χ1n) is 15.9. The van der Waals surface area contributed by atoms with E-state index < -0.39 is 0 Å². The number of benzene rings is 7. The van der Waals surface area contributed by atoms with Gasteiger partial charge >= 0.3 is 0 Å². The molecule has 4 nitrogen and oxygen atoms in total. The van der Waals surface area contributed by atoms with Crippen molar-refractivity contribution in [3.05, 3.63) is 152 Å². The maximum atomic E-state index is 6.55. The molecular weight excluding hydrogens is 607 g/mol. The molecule has 10 rings (SSSR count). The van der Waals surface area contributed by atoms with Crippen molar-refractivity contribution < 1.29 is 4.42 Å². The molecule has 224 valence electrons. The van der Waals surface area contributed by atoms with E-state index in [1.165, 1.54) is 25.7 Å². The number of thiophene rings is 1. The molecule has 0 radical (unpaired) electrons. The summed E-state index contributed by atoms with van der Waals surface area (Å²) in [5.74, 6) is 1.89. The molecule has 10 aromatic rings. The van der Waals surface area contributed by atoms with Crippen LogP contribution in [0.3, 0.4) is 0 Å². The minimum Gasteiger partial charge on any atom is -0.455 e. The molecule has 0 spiro atoms. The van der Waals surface area contributed by atoms with E-state index in [0.717, 1.165) is 55.0 Å². The van der Waals surface area contributed by atoms with E-state index in [2.05, 4.69) is 78.9 Å². The molecule has 0 unspecified atom stereocenters. The Hall–Kier alpha value is -6.17. The number of para-hydroxylation sites is 1. The van der Waals surface area contributed by atoms with E-state index in [1.807, 2.05) is 84.1 Å². The van der Waals surface area contributed by atoms with Gasteiger partial charge < -0.3 is 4.42 Å². The summed E-state index contributed by atoms with van der Waals surface area (Å²) in [5.41, 5.74) is 6.88. The van der Waals surface area contributed by atoms with Crippen molar-refractivity contribution in [1.82, 2.24) is 15.0 Å². The molecule has 3 heterocycles. The predicted octanol–water partition coefficient (Wildman–Crippen LogP) is 12.0. The molecule has 7 aromatic carbocycles. The van der Waals surface area contributed by atoms with Crippen LogP contribution in [0.15, 0.2) is 156 Å². The van der Waals surface area contributed by atoms with Crippen LogP contribution in [0.2, 0.25) is 0 Å². The molecule has 0 bridgehead atoms. The first kappa shape index (κ1) is 27.0. The molecule has 0 aliphatic heterocycles. The van der Waals surface area contributed by atoms with Crippen LogP contribution in [0.1, 0.15) is 0 Å². The molecule has 0 N–H and O–H groups in total. The highest BCUT2D eigenvalue weighted by Gasteiger charge is 2.20. The van der Waals surface area contributed by atoms with E-state index in [1.54, 1.807) is 0 Å². The van der Waals surface area contributed by atoms with Gasteiger partial charge in [-0.3, -0.25) is 0 Å². The number of hydrogen-bond acceptors (Lipinski definition) is 5. The van der Waals surface area contributed by atoms with Crippen LogP contribution in [0.5, 0.6) is 0 Å². The van der Waals surface area contributed by atoms with Crippen LogP contribution in [0.4, 0.5) is 0 Å². The second-order valence-corrected chi connectivity index (χ2v) is 13.0. The van der Waals surface area contributed by atoms with E-state index in [0.29, 0.717) is 17.5 Å². The summed E-state index contributed by atoms with van der Waals surface area (Å²) in [4.78, 5) is 15.3. The van der Waals surface area contributed by atoms with Crippen LogP contribution in [-0.2, 0) is 0 Å². The molecule has 0 amide bonds. The molecule has 0 atom stereocenters. The van der Waals surface area contributed by atoms with Gasteiger partial charge in [-0.2, -0.15) is 0 Å². The average molecular weight is 632 g/mol. The number of fused-ring (bicyclic) bond motifs is 8. The van der Waals surface area contributed by atoms with Gasteiger partial charge in [0.25, 0.3) is 0 Å². The zero-order valence-electron chi connectivity index (χ0n) is 25.6. The van der Waals surface area contributed by atoms with E-state index in [-0.39, 0.29) is 0 Å². The molecule has 0 fully saturated rings. The smallest absolute Gasteiger partial charge is 0.164 e. The molecule has 3 aromatic heterocycles. The molecule has 5 heteroatoms. The highest BCUT2D eigenvalue weighted by molar-refractivity contribution is 7.26. The van der Waals surface area contributed by atoms with Gasteiger partial charge in [-0.25, -0.2) is 15.0 Å². The third-order valence-corrected chi connectivity index (χ3v) is 10.4. The summed E-state index contributed by atoms with van der Waals surface area (Å²) in [6.45, 7) is 0. The predicted molar refractivity (Wildman–Crippen MR) is 199 cm³/mol. The molecule has 48 heavy (non-hydrogen) atoms. The van der Waals surface area contributed by atoms with Gasteiger partial charge in [-0.15, -0.1) is 11.3 Å². The maximum absolute atomic E-state index is 6.55. The van der Waals surface area contributed by atoms with Crippen molar-refractivity contribution in [2.24, 2.45) is 0 Å². The fourth-order valence-electron chi connectivity index (χ4n) is 6.85. The van der Waals surface area contributed by atoms with Crippen LogP contribution >= 0.6 is 11.3 Å². The third kappa shape index (κ3) is 4.25. The highest BCUT2D eigenvalue weighted by Crippen LogP contribution is 2.44. The Labute approximate surface area is 279 Å². The summed E-state index contributed by atoms with van der Waals surface area (Å²) in [6.07, 6.45) is 0. The zero-order valence-corrected chi connectivity index (χ0v) is 26.4. The van der Waals surface area contributed by atoms with Gasteiger partial charge in [-0.1, -0.05) is 121 Å². The van der Waals surface area contributed by atoms with Crippen LogP contribution in [0, 0.1) is 0 Å². The van der Waals surface area contributed by atoms with Crippen LogP contribution in [-0.4, -0.2) is 15.0 Å². The summed E-state index contributed by atoms with van der Waals surface area (Å²) >= 11 is 1.84. The Balaban J connectivity index is 1.29. The summed E-state index contributed by atoms with van der Waals surface area (Å²) < 4.78 is 9.12. The standard InChI is InChI=1S/C43H25N3OS/c1-3-12-26(13-4-1)41-44-42(27-14-5-2-6-15-27)46-43(45-41)36-25-35-30-16-7-9-20-37(30)47-39(35)32-23-22-28(24-34(32)36)29-18-11-19-33-31-17-8-10-21-38(31)48-40(29)33/h1-25H. The molecule has 0 aliphatic rings. The van der Waals surface area contributed by atoms with Crippen molar-refractivity contribution in [3.8, 4) is 45.3 Å². The second kappa shape index (κ2) is 10.7. The first-order valence-corrected chi connectivity index (χ1v) is 16.8. The first-order chi connectivity index (χ1) is 23.8. The largest absolute Gasteiger partial charge is 0.455 e. The molecule has 0 saturated heterocycles. The number of hydrogen-bond donors (Lipinski definition) is 0. The summed E-state index contributed by atoms with van der Waals surface area (Å²) in [7, 11) is 0. The topological polar surface area (TPSA) is 51.8 Å². The minimum atomic E-state index is 0.622. The van der Waals surface area contributed by atoms with E-state index >= 15 is 0 Å². The summed E-state index contributed by atoms with van der Waals surface area (Å²) in [6, 6.07) is 52.6. The van der Waals surface area contributed by atoms with Gasteiger partial charge in [-0.05, 0) is 46.8 Å². The minimum absolute atomic E-state index is 0.622. The number of nitrogens with zero attached hydrogens (tertiary/aromatic N) is 3. The Bertz CT molecular complexity index is 2780. The van der Waals surface area contributed by atoms with Gasteiger partial charge in [0.1, 0.15) is 11.2 Å².